The number of amides is 1. The quantitative estimate of drug-likeness (QED) is 0.581. The first kappa shape index (κ1) is 23.0. The molecule has 0 bridgehead atoms. The van der Waals surface area contributed by atoms with Gasteiger partial charge in [0, 0.05) is 29.4 Å². The van der Waals surface area contributed by atoms with Crippen molar-refractivity contribution in [1.29, 1.82) is 0 Å². The van der Waals surface area contributed by atoms with Gasteiger partial charge in [-0.05, 0) is 76.4 Å². The minimum absolute atomic E-state index is 0.0503. The van der Waals surface area contributed by atoms with Gasteiger partial charge in [0.05, 0.1) is 17.9 Å². The summed E-state index contributed by atoms with van der Waals surface area (Å²) in [4.78, 5) is 37.6. The Morgan fingerprint density at radius 2 is 1.94 bits per heavy atom. The normalized spacial score (nSPS) is 15.5. The van der Waals surface area contributed by atoms with Gasteiger partial charge >= 0.3 is 0 Å². The van der Waals surface area contributed by atoms with E-state index in [1.807, 2.05) is 52.8 Å². The molecule has 0 unspecified atom stereocenters. The third kappa shape index (κ3) is 4.50. The van der Waals surface area contributed by atoms with E-state index in [-0.39, 0.29) is 30.1 Å². The van der Waals surface area contributed by atoms with Crippen molar-refractivity contribution in [2.75, 3.05) is 5.32 Å². The Labute approximate surface area is 198 Å². The van der Waals surface area contributed by atoms with Gasteiger partial charge in [0.25, 0.3) is 11.5 Å². The lowest BCUT2D eigenvalue weighted by atomic mass is 9.97. The van der Waals surface area contributed by atoms with E-state index in [2.05, 4.69) is 10.3 Å². The number of carbonyl (C=O) groups excluding carboxylic acids is 1. The van der Waals surface area contributed by atoms with Gasteiger partial charge in [-0.2, -0.15) is 0 Å². The summed E-state index contributed by atoms with van der Waals surface area (Å²) in [6.07, 6.45) is 1.99. The maximum absolute atomic E-state index is 13.6. The van der Waals surface area contributed by atoms with Crippen molar-refractivity contribution in [3.63, 3.8) is 0 Å². The molecule has 1 atom stereocenters. The number of benzene rings is 1. The molecule has 2 aromatic heterocycles. The highest BCUT2D eigenvalue weighted by molar-refractivity contribution is 6.29. The largest absolute Gasteiger partial charge is 0.353 e. The van der Waals surface area contributed by atoms with Gasteiger partial charge in [0.15, 0.2) is 0 Å². The zero-order chi connectivity index (χ0) is 23.9. The molecule has 8 heteroatoms. The molecule has 0 fully saturated rings. The molecule has 4 rings (SSSR count). The number of carbonyl (C=O) groups is 1. The summed E-state index contributed by atoms with van der Waals surface area (Å²) in [6, 6.07) is 9.03. The van der Waals surface area contributed by atoms with E-state index in [0.29, 0.717) is 40.0 Å². The van der Waals surface area contributed by atoms with Crippen LogP contribution in [0.3, 0.4) is 0 Å². The van der Waals surface area contributed by atoms with E-state index < -0.39 is 0 Å². The fourth-order valence-electron chi connectivity index (χ4n) is 4.10. The Kier molecular flexibility index (Phi) is 6.26. The van der Waals surface area contributed by atoms with Crippen LogP contribution in [0.2, 0.25) is 5.15 Å². The fraction of sp³-hybridized carbons (Fsp3) is 0.360. The Morgan fingerprint density at radius 1 is 1.18 bits per heavy atom. The molecular weight excluding hydrogens is 438 g/mol. The minimum atomic E-state index is -0.157. The lowest BCUT2D eigenvalue weighted by Crippen LogP contribution is -2.46. The zero-order valence-corrected chi connectivity index (χ0v) is 20.3. The van der Waals surface area contributed by atoms with Crippen LogP contribution in [0.25, 0.3) is 5.69 Å². The second-order valence-electron chi connectivity index (χ2n) is 8.92. The number of hydrogen-bond acceptors (Lipinski definition) is 5. The first-order chi connectivity index (χ1) is 15.7. The number of fused-ring (bicyclic) bond motifs is 1. The molecule has 1 N–H and O–H groups in total. The van der Waals surface area contributed by atoms with Crippen LogP contribution < -0.4 is 10.9 Å². The Hall–Kier alpha value is -3.19. The summed E-state index contributed by atoms with van der Waals surface area (Å²) in [5.41, 5.74) is 4.55. The van der Waals surface area contributed by atoms with Gasteiger partial charge < -0.3 is 10.2 Å². The lowest BCUT2D eigenvalue weighted by molar-refractivity contribution is 0.0653. The SMILES string of the molecule is Cc1ccc(C(=O)N2Cc3nc(NC(C)C)n(-c4ccnc(Cl)c4)c(=O)c3C[C@H]2C)cc1C. The predicted octanol–water partition coefficient (Wildman–Crippen LogP) is 4.31. The maximum Gasteiger partial charge on any atom is 0.263 e. The molecule has 0 radical (unpaired) electrons. The Bertz CT molecular complexity index is 1280. The highest BCUT2D eigenvalue weighted by Gasteiger charge is 2.32. The summed E-state index contributed by atoms with van der Waals surface area (Å²) in [5.74, 6) is 0.366. The molecule has 1 aliphatic rings. The molecule has 7 nitrogen and oxygen atoms in total. The summed E-state index contributed by atoms with van der Waals surface area (Å²) >= 11 is 6.09. The molecule has 0 aliphatic carbocycles. The van der Waals surface area contributed by atoms with Crippen LogP contribution in [0, 0.1) is 13.8 Å². The maximum atomic E-state index is 13.6. The van der Waals surface area contributed by atoms with Crippen LogP contribution >= 0.6 is 11.6 Å². The molecule has 3 heterocycles. The van der Waals surface area contributed by atoms with E-state index in [1.165, 1.54) is 0 Å². The number of nitrogens with zero attached hydrogens (tertiary/aromatic N) is 4. The zero-order valence-electron chi connectivity index (χ0n) is 19.5. The molecule has 0 saturated heterocycles. The molecular formula is C25H28ClN5O2. The molecule has 0 spiro atoms. The van der Waals surface area contributed by atoms with E-state index in [0.717, 1.165) is 11.1 Å². The first-order valence-electron chi connectivity index (χ1n) is 11.1. The van der Waals surface area contributed by atoms with Crippen molar-refractivity contribution in [2.24, 2.45) is 0 Å². The van der Waals surface area contributed by atoms with Crippen LogP contribution in [0.5, 0.6) is 0 Å². The number of pyridine rings is 1. The lowest BCUT2D eigenvalue weighted by Gasteiger charge is -2.35. The van der Waals surface area contributed by atoms with E-state index in [1.54, 1.807) is 27.8 Å². The van der Waals surface area contributed by atoms with Crippen molar-refractivity contribution in [1.82, 2.24) is 19.4 Å². The van der Waals surface area contributed by atoms with Crippen molar-refractivity contribution in [3.8, 4) is 5.69 Å². The smallest absolute Gasteiger partial charge is 0.263 e. The van der Waals surface area contributed by atoms with E-state index in [9.17, 15) is 9.59 Å². The van der Waals surface area contributed by atoms with Gasteiger partial charge in [-0.1, -0.05) is 17.7 Å². The highest BCUT2D eigenvalue weighted by atomic mass is 35.5. The standard InChI is InChI=1S/C25H28ClN5O2/c1-14(2)28-25-29-21-13-30(23(32)18-7-6-15(3)16(4)10-18)17(5)11-20(21)24(33)31(25)19-8-9-27-22(26)12-19/h6-10,12,14,17H,11,13H2,1-5H3,(H,28,29)/t17-/m1/s1. The average Bonchev–Trinajstić information content (AvgIpc) is 2.75. The molecule has 0 saturated carbocycles. The summed E-state index contributed by atoms with van der Waals surface area (Å²) < 4.78 is 1.54. The molecule has 1 aliphatic heterocycles. The molecule has 172 valence electrons. The van der Waals surface area contributed by atoms with Crippen molar-refractivity contribution >= 4 is 23.5 Å². The van der Waals surface area contributed by atoms with Crippen LogP contribution in [0.15, 0.2) is 41.3 Å². The third-order valence-electron chi connectivity index (χ3n) is 6.01. The van der Waals surface area contributed by atoms with Gasteiger partial charge in [-0.25, -0.2) is 14.5 Å². The van der Waals surface area contributed by atoms with Gasteiger partial charge in [-0.3, -0.25) is 9.59 Å². The van der Waals surface area contributed by atoms with Crippen molar-refractivity contribution < 1.29 is 4.79 Å². The van der Waals surface area contributed by atoms with Crippen molar-refractivity contribution in [3.05, 3.63) is 80.0 Å². The molecule has 3 aromatic rings. The van der Waals surface area contributed by atoms with Gasteiger partial charge in [0.1, 0.15) is 5.15 Å². The molecule has 33 heavy (non-hydrogen) atoms. The second kappa shape index (κ2) is 8.98. The van der Waals surface area contributed by atoms with Crippen LogP contribution in [0.4, 0.5) is 5.95 Å². The number of rotatable bonds is 4. The second-order valence-corrected chi connectivity index (χ2v) is 9.31. The summed E-state index contributed by atoms with van der Waals surface area (Å²) in [6.45, 7) is 10.2. The number of halogens is 1. The molecule has 1 aromatic carbocycles. The van der Waals surface area contributed by atoms with Crippen molar-refractivity contribution in [2.45, 2.75) is 59.7 Å². The number of anilines is 1. The average molecular weight is 466 g/mol. The summed E-state index contributed by atoms with van der Waals surface area (Å²) in [7, 11) is 0. The topological polar surface area (TPSA) is 80.1 Å². The Morgan fingerprint density at radius 3 is 2.61 bits per heavy atom. The predicted molar refractivity (Wildman–Crippen MR) is 130 cm³/mol. The summed E-state index contributed by atoms with van der Waals surface area (Å²) in [5, 5.41) is 3.57. The van der Waals surface area contributed by atoms with Crippen LogP contribution in [0.1, 0.15) is 53.5 Å². The van der Waals surface area contributed by atoms with Crippen LogP contribution in [-0.2, 0) is 13.0 Å². The number of nitrogens with one attached hydrogen (secondary N) is 1. The molecule has 1 amide bonds. The van der Waals surface area contributed by atoms with Gasteiger partial charge in [-0.15, -0.1) is 0 Å². The number of aromatic nitrogens is 3. The third-order valence-corrected chi connectivity index (χ3v) is 6.22. The van der Waals surface area contributed by atoms with E-state index >= 15 is 0 Å². The monoisotopic (exact) mass is 465 g/mol. The number of hydrogen-bond donors (Lipinski definition) is 1. The Balaban J connectivity index is 1.78. The van der Waals surface area contributed by atoms with Crippen LogP contribution in [-0.4, -0.2) is 37.4 Å². The highest BCUT2D eigenvalue weighted by Crippen LogP contribution is 2.25. The van der Waals surface area contributed by atoms with E-state index in [4.69, 9.17) is 16.6 Å². The minimum Gasteiger partial charge on any atom is -0.353 e. The first-order valence-corrected chi connectivity index (χ1v) is 11.4. The fourth-order valence-corrected chi connectivity index (χ4v) is 4.26. The number of aryl methyl sites for hydroxylation is 2. The van der Waals surface area contributed by atoms with Gasteiger partial charge in [0.2, 0.25) is 5.95 Å².